The first-order valence-electron chi connectivity index (χ1n) is 9.97. The van der Waals surface area contributed by atoms with Gasteiger partial charge in [-0.05, 0) is 38.8 Å². The first kappa shape index (κ1) is 20.8. The Kier molecular flexibility index (Phi) is 5.64. The first-order chi connectivity index (χ1) is 13.6. The number of carbonyl (C=O) groups excluding carboxylic acids is 1. The summed E-state index contributed by atoms with van der Waals surface area (Å²) in [7, 11) is 0. The first-order valence-corrected chi connectivity index (χ1v) is 9.97. The Morgan fingerprint density at radius 2 is 1.76 bits per heavy atom. The molecule has 156 valence electrons. The highest BCUT2D eigenvalue weighted by Gasteiger charge is 2.29. The second-order valence-corrected chi connectivity index (χ2v) is 8.72. The quantitative estimate of drug-likeness (QED) is 0.579. The highest BCUT2D eigenvalue weighted by atomic mass is 16.6. The van der Waals surface area contributed by atoms with Gasteiger partial charge in [-0.1, -0.05) is 26.0 Å². The van der Waals surface area contributed by atoms with Crippen LogP contribution in [0.15, 0.2) is 30.3 Å². The zero-order valence-corrected chi connectivity index (χ0v) is 17.8. The summed E-state index contributed by atoms with van der Waals surface area (Å²) >= 11 is 0. The van der Waals surface area contributed by atoms with Crippen molar-refractivity contribution < 1.29 is 9.72 Å². The SMILES string of the molecule is CC(C)c1cc(C(=O)N2CCN(c3ccccc3[N+](=O)[O-])CC2)nn1C(C)(C)C. The number of anilines is 1. The van der Waals surface area contributed by atoms with Crippen LogP contribution < -0.4 is 4.90 Å². The van der Waals surface area contributed by atoms with Gasteiger partial charge in [-0.15, -0.1) is 0 Å². The molecule has 3 rings (SSSR count). The molecule has 0 spiro atoms. The molecule has 0 unspecified atom stereocenters. The summed E-state index contributed by atoms with van der Waals surface area (Å²) in [4.78, 5) is 27.7. The molecule has 1 aromatic heterocycles. The van der Waals surface area contributed by atoms with E-state index in [9.17, 15) is 14.9 Å². The molecular weight excluding hydrogens is 370 g/mol. The van der Waals surface area contributed by atoms with Gasteiger partial charge in [0.1, 0.15) is 5.69 Å². The number of nitrogens with zero attached hydrogens (tertiary/aromatic N) is 5. The summed E-state index contributed by atoms with van der Waals surface area (Å²) in [5.74, 6) is 0.177. The van der Waals surface area contributed by atoms with E-state index in [-0.39, 0.29) is 28.0 Å². The molecule has 1 aromatic carbocycles. The van der Waals surface area contributed by atoms with Gasteiger partial charge in [0.2, 0.25) is 0 Å². The number of carbonyl (C=O) groups is 1. The van der Waals surface area contributed by atoms with E-state index in [0.29, 0.717) is 37.6 Å². The lowest BCUT2D eigenvalue weighted by Crippen LogP contribution is -2.49. The summed E-state index contributed by atoms with van der Waals surface area (Å²) in [5.41, 5.74) is 1.99. The molecule has 1 aliphatic rings. The van der Waals surface area contributed by atoms with Crippen LogP contribution in [0.3, 0.4) is 0 Å². The Morgan fingerprint density at radius 3 is 2.28 bits per heavy atom. The van der Waals surface area contributed by atoms with Crippen LogP contribution in [0.5, 0.6) is 0 Å². The molecule has 1 aliphatic heterocycles. The minimum absolute atomic E-state index is 0.0860. The predicted molar refractivity (Wildman–Crippen MR) is 113 cm³/mol. The monoisotopic (exact) mass is 399 g/mol. The smallest absolute Gasteiger partial charge is 0.292 e. The Morgan fingerprint density at radius 1 is 1.14 bits per heavy atom. The lowest BCUT2D eigenvalue weighted by molar-refractivity contribution is -0.384. The molecule has 8 heteroatoms. The fraction of sp³-hybridized carbons (Fsp3) is 0.524. The maximum atomic E-state index is 13.1. The molecule has 2 heterocycles. The van der Waals surface area contributed by atoms with Gasteiger partial charge < -0.3 is 9.80 Å². The lowest BCUT2D eigenvalue weighted by Gasteiger charge is -2.35. The van der Waals surface area contributed by atoms with Crippen molar-refractivity contribution in [3.63, 3.8) is 0 Å². The van der Waals surface area contributed by atoms with E-state index in [1.165, 1.54) is 6.07 Å². The van der Waals surface area contributed by atoms with E-state index in [0.717, 1.165) is 5.69 Å². The third-order valence-corrected chi connectivity index (χ3v) is 5.17. The van der Waals surface area contributed by atoms with Crippen LogP contribution in [-0.4, -0.2) is 51.7 Å². The predicted octanol–water partition coefficient (Wildman–Crippen LogP) is 3.63. The Labute approximate surface area is 171 Å². The van der Waals surface area contributed by atoms with Crippen LogP contribution in [0, 0.1) is 10.1 Å². The highest BCUT2D eigenvalue weighted by Crippen LogP contribution is 2.29. The largest absolute Gasteiger partial charge is 0.362 e. The molecule has 0 radical (unpaired) electrons. The topological polar surface area (TPSA) is 84.5 Å². The van der Waals surface area contributed by atoms with Gasteiger partial charge in [0.25, 0.3) is 11.6 Å². The molecule has 1 fully saturated rings. The van der Waals surface area contributed by atoms with Crippen molar-refractivity contribution in [3.05, 3.63) is 51.8 Å². The van der Waals surface area contributed by atoms with Gasteiger partial charge in [-0.25, -0.2) is 0 Å². The molecule has 8 nitrogen and oxygen atoms in total. The molecule has 2 aromatic rings. The summed E-state index contributed by atoms with van der Waals surface area (Å²) in [5, 5.41) is 15.9. The Bertz CT molecular complexity index is 905. The van der Waals surface area contributed by atoms with Gasteiger partial charge in [0.05, 0.1) is 10.5 Å². The zero-order valence-electron chi connectivity index (χ0n) is 17.8. The van der Waals surface area contributed by atoms with E-state index in [4.69, 9.17) is 0 Å². The summed E-state index contributed by atoms with van der Waals surface area (Å²) in [6, 6.07) is 8.63. The van der Waals surface area contributed by atoms with Crippen LogP contribution in [-0.2, 0) is 5.54 Å². The number of para-hydroxylation sites is 2. The third-order valence-electron chi connectivity index (χ3n) is 5.17. The fourth-order valence-electron chi connectivity index (χ4n) is 3.65. The molecule has 0 atom stereocenters. The molecular formula is C21H29N5O3. The minimum Gasteiger partial charge on any atom is -0.362 e. The van der Waals surface area contributed by atoms with Crippen molar-refractivity contribution in [2.75, 3.05) is 31.1 Å². The Balaban J connectivity index is 1.75. The average molecular weight is 399 g/mol. The average Bonchev–Trinajstić information content (AvgIpc) is 3.14. The molecule has 1 amide bonds. The van der Waals surface area contributed by atoms with E-state index < -0.39 is 0 Å². The standard InChI is InChI=1S/C21H29N5O3/c1-15(2)19-14-16(22-25(19)21(3,4)5)20(27)24-12-10-23(11-13-24)17-8-6-7-9-18(17)26(28)29/h6-9,14-15H,10-13H2,1-5H3. The minimum atomic E-state index is -0.362. The second-order valence-electron chi connectivity index (χ2n) is 8.72. The van der Waals surface area contributed by atoms with Gasteiger partial charge in [-0.3, -0.25) is 19.6 Å². The molecule has 0 aliphatic carbocycles. The van der Waals surface area contributed by atoms with Gasteiger partial charge in [-0.2, -0.15) is 5.10 Å². The van der Waals surface area contributed by atoms with Crippen molar-refractivity contribution in [3.8, 4) is 0 Å². The summed E-state index contributed by atoms with van der Waals surface area (Å²) < 4.78 is 1.94. The van der Waals surface area contributed by atoms with Gasteiger partial charge in [0, 0.05) is 37.9 Å². The number of hydrogen-bond donors (Lipinski definition) is 0. The lowest BCUT2D eigenvalue weighted by atomic mass is 10.1. The van der Waals surface area contributed by atoms with Gasteiger partial charge in [0.15, 0.2) is 5.69 Å². The molecule has 0 bridgehead atoms. The molecule has 1 saturated heterocycles. The number of nitro benzene ring substituents is 1. The summed E-state index contributed by atoms with van der Waals surface area (Å²) in [6.45, 7) is 12.5. The number of aromatic nitrogens is 2. The highest BCUT2D eigenvalue weighted by molar-refractivity contribution is 5.92. The molecule has 0 N–H and O–H groups in total. The molecule has 29 heavy (non-hydrogen) atoms. The van der Waals surface area contributed by atoms with Crippen LogP contribution in [0.2, 0.25) is 0 Å². The number of benzene rings is 1. The van der Waals surface area contributed by atoms with Crippen LogP contribution >= 0.6 is 0 Å². The van der Waals surface area contributed by atoms with E-state index in [2.05, 4.69) is 39.7 Å². The second kappa shape index (κ2) is 7.85. The van der Waals surface area contributed by atoms with Crippen LogP contribution in [0.25, 0.3) is 0 Å². The summed E-state index contributed by atoms with van der Waals surface area (Å²) in [6.07, 6.45) is 0. The van der Waals surface area contributed by atoms with Crippen molar-refractivity contribution in [2.24, 2.45) is 0 Å². The zero-order chi connectivity index (χ0) is 21.3. The number of rotatable bonds is 4. The van der Waals surface area contributed by atoms with Crippen LogP contribution in [0.4, 0.5) is 11.4 Å². The van der Waals surface area contributed by atoms with Crippen molar-refractivity contribution >= 4 is 17.3 Å². The number of nitro groups is 1. The van der Waals surface area contributed by atoms with E-state index >= 15 is 0 Å². The van der Waals surface area contributed by atoms with Gasteiger partial charge >= 0.3 is 0 Å². The number of hydrogen-bond acceptors (Lipinski definition) is 5. The number of piperazine rings is 1. The van der Waals surface area contributed by atoms with Crippen molar-refractivity contribution in [2.45, 2.75) is 46.1 Å². The van der Waals surface area contributed by atoms with E-state index in [1.54, 1.807) is 23.1 Å². The fourth-order valence-corrected chi connectivity index (χ4v) is 3.65. The maximum absolute atomic E-state index is 13.1. The maximum Gasteiger partial charge on any atom is 0.292 e. The third kappa shape index (κ3) is 4.26. The Hall–Kier alpha value is -2.90. The van der Waals surface area contributed by atoms with Crippen molar-refractivity contribution in [1.82, 2.24) is 14.7 Å². The molecule has 0 saturated carbocycles. The van der Waals surface area contributed by atoms with Crippen LogP contribution in [0.1, 0.15) is 56.7 Å². The number of amides is 1. The van der Waals surface area contributed by atoms with E-state index in [1.807, 2.05) is 15.6 Å². The normalized spacial score (nSPS) is 15.1. The van der Waals surface area contributed by atoms with Crippen molar-refractivity contribution in [1.29, 1.82) is 0 Å².